The molecule has 1 rings (SSSR count). The average Bonchev–Trinajstić information content (AvgIpc) is 2.32. The van der Waals surface area contributed by atoms with Crippen LogP contribution in [0.5, 0.6) is 5.75 Å². The van der Waals surface area contributed by atoms with Gasteiger partial charge < -0.3 is 9.84 Å². The highest BCUT2D eigenvalue weighted by Crippen LogP contribution is 2.25. The molecular formula is C12H10BrNO3. The van der Waals surface area contributed by atoms with Crippen LogP contribution in [-0.4, -0.2) is 18.2 Å². The lowest BCUT2D eigenvalue weighted by molar-refractivity contribution is -0.136. The number of benzene rings is 1. The zero-order chi connectivity index (χ0) is 12.8. The molecule has 0 aromatic heterocycles. The minimum Gasteiger partial charge on any atom is -0.507 e. The van der Waals surface area contributed by atoms with Crippen LogP contribution in [0.4, 0.5) is 0 Å². The summed E-state index contributed by atoms with van der Waals surface area (Å²) >= 11 is 3.26. The van der Waals surface area contributed by atoms with Gasteiger partial charge >= 0.3 is 5.97 Å². The molecule has 1 aromatic rings. The highest BCUT2D eigenvalue weighted by atomic mass is 79.9. The Balaban J connectivity index is 3.17. The third kappa shape index (κ3) is 3.61. The van der Waals surface area contributed by atoms with Gasteiger partial charge in [-0.2, -0.15) is 5.26 Å². The number of carbonyl (C=O) groups is 1. The van der Waals surface area contributed by atoms with E-state index in [0.717, 1.165) is 4.47 Å². The van der Waals surface area contributed by atoms with Crippen LogP contribution in [0.15, 0.2) is 28.2 Å². The number of rotatable bonds is 3. The summed E-state index contributed by atoms with van der Waals surface area (Å²) in [6.45, 7) is 0. The number of esters is 1. The van der Waals surface area contributed by atoms with Crippen molar-refractivity contribution in [2.75, 3.05) is 7.11 Å². The Hall–Kier alpha value is -1.80. The Morgan fingerprint density at radius 3 is 2.94 bits per heavy atom. The molecule has 0 radical (unpaired) electrons. The summed E-state index contributed by atoms with van der Waals surface area (Å²) in [4.78, 5) is 11.4. The van der Waals surface area contributed by atoms with E-state index in [4.69, 9.17) is 5.26 Å². The predicted molar refractivity (Wildman–Crippen MR) is 66.0 cm³/mol. The van der Waals surface area contributed by atoms with Gasteiger partial charge in [0.15, 0.2) is 0 Å². The van der Waals surface area contributed by atoms with E-state index in [0.29, 0.717) is 5.56 Å². The molecule has 0 aliphatic carbocycles. The Morgan fingerprint density at radius 2 is 2.35 bits per heavy atom. The molecule has 5 heteroatoms. The zero-order valence-corrected chi connectivity index (χ0v) is 10.7. The lowest BCUT2D eigenvalue weighted by atomic mass is 10.1. The van der Waals surface area contributed by atoms with Crippen molar-refractivity contribution in [3.63, 3.8) is 0 Å². The average molecular weight is 296 g/mol. The maximum Gasteiger partial charge on any atom is 0.334 e. The van der Waals surface area contributed by atoms with E-state index < -0.39 is 5.97 Å². The minimum atomic E-state index is -0.578. The highest BCUT2D eigenvalue weighted by Gasteiger charge is 2.10. The van der Waals surface area contributed by atoms with Crippen molar-refractivity contribution < 1.29 is 14.6 Å². The summed E-state index contributed by atoms with van der Waals surface area (Å²) in [5.74, 6) is -0.543. The zero-order valence-electron chi connectivity index (χ0n) is 9.11. The van der Waals surface area contributed by atoms with Crippen LogP contribution in [0, 0.1) is 11.3 Å². The fourth-order valence-corrected chi connectivity index (χ4v) is 1.61. The van der Waals surface area contributed by atoms with Crippen LogP contribution >= 0.6 is 15.9 Å². The minimum absolute atomic E-state index is 0.0348. The summed E-state index contributed by atoms with van der Waals surface area (Å²) in [7, 11) is 1.24. The van der Waals surface area contributed by atoms with Gasteiger partial charge in [0.1, 0.15) is 5.75 Å². The molecule has 0 aliphatic rings. The van der Waals surface area contributed by atoms with E-state index in [1.807, 2.05) is 6.07 Å². The smallest absolute Gasteiger partial charge is 0.334 e. The topological polar surface area (TPSA) is 70.3 Å². The molecule has 0 saturated carbocycles. The molecule has 0 atom stereocenters. The number of carbonyl (C=O) groups excluding carboxylic acids is 1. The number of methoxy groups -OCH3 is 1. The van der Waals surface area contributed by atoms with Crippen LogP contribution < -0.4 is 0 Å². The van der Waals surface area contributed by atoms with Gasteiger partial charge in [-0.25, -0.2) is 4.79 Å². The second-order valence-corrected chi connectivity index (χ2v) is 4.11. The number of halogens is 1. The number of aromatic hydroxyl groups is 1. The molecule has 4 nitrogen and oxygen atoms in total. The molecule has 0 heterocycles. The standard InChI is InChI=1S/C12H10BrNO3/c1-17-12(16)8(4-5-14)6-9-7-10(13)2-3-11(9)15/h2-3,6-7,15H,4H2,1H3/b8-6+. The molecule has 0 bridgehead atoms. The molecule has 17 heavy (non-hydrogen) atoms. The SMILES string of the molecule is COC(=O)/C(=C/c1cc(Br)ccc1O)CC#N. The third-order valence-corrected chi connectivity index (χ3v) is 2.53. The fraction of sp³-hybridized carbons (Fsp3) is 0.167. The summed E-state index contributed by atoms with van der Waals surface area (Å²) < 4.78 is 5.32. The molecule has 1 N–H and O–H groups in total. The van der Waals surface area contributed by atoms with Crippen molar-refractivity contribution >= 4 is 28.0 Å². The summed E-state index contributed by atoms with van der Waals surface area (Å²) in [6, 6.07) is 6.70. The van der Waals surface area contributed by atoms with Crippen molar-refractivity contribution in [3.8, 4) is 11.8 Å². The molecule has 0 fully saturated rings. The van der Waals surface area contributed by atoms with Crippen molar-refractivity contribution in [1.29, 1.82) is 5.26 Å². The van der Waals surface area contributed by atoms with Crippen molar-refractivity contribution in [3.05, 3.63) is 33.8 Å². The number of hydrogen-bond acceptors (Lipinski definition) is 4. The lowest BCUT2D eigenvalue weighted by Gasteiger charge is -2.03. The van der Waals surface area contributed by atoms with Gasteiger partial charge in [-0.1, -0.05) is 15.9 Å². The van der Waals surface area contributed by atoms with E-state index in [1.54, 1.807) is 12.1 Å². The van der Waals surface area contributed by atoms with Gasteiger partial charge in [0.2, 0.25) is 0 Å². The molecule has 88 valence electrons. The molecule has 1 aromatic carbocycles. The van der Waals surface area contributed by atoms with Gasteiger partial charge in [0.25, 0.3) is 0 Å². The maximum absolute atomic E-state index is 11.4. The second kappa shape index (κ2) is 6.06. The summed E-state index contributed by atoms with van der Waals surface area (Å²) in [6.07, 6.45) is 1.37. The number of phenols is 1. The van der Waals surface area contributed by atoms with E-state index in [2.05, 4.69) is 20.7 Å². The molecule has 0 amide bonds. The number of nitrogens with zero attached hydrogens (tertiary/aromatic N) is 1. The first-order valence-corrected chi connectivity index (χ1v) is 5.52. The Kier molecular flexibility index (Phi) is 4.73. The van der Waals surface area contributed by atoms with E-state index in [1.165, 1.54) is 19.3 Å². The van der Waals surface area contributed by atoms with E-state index in [-0.39, 0.29) is 17.7 Å². The number of phenolic OH excluding ortho intramolecular Hbond substituents is 1. The van der Waals surface area contributed by atoms with E-state index >= 15 is 0 Å². The highest BCUT2D eigenvalue weighted by molar-refractivity contribution is 9.10. The monoisotopic (exact) mass is 295 g/mol. The first-order valence-electron chi connectivity index (χ1n) is 4.73. The largest absolute Gasteiger partial charge is 0.507 e. The summed E-state index contributed by atoms with van der Waals surface area (Å²) in [5, 5.41) is 18.2. The normalized spacial score (nSPS) is 10.8. The van der Waals surface area contributed by atoms with Crippen molar-refractivity contribution in [1.82, 2.24) is 0 Å². The number of nitriles is 1. The fourth-order valence-electron chi connectivity index (χ4n) is 1.23. The van der Waals surface area contributed by atoms with Gasteiger partial charge in [0, 0.05) is 10.0 Å². The Bertz CT molecular complexity index is 503. The maximum atomic E-state index is 11.4. The number of ether oxygens (including phenoxy) is 1. The van der Waals surface area contributed by atoms with Crippen LogP contribution in [0.25, 0.3) is 6.08 Å². The van der Waals surface area contributed by atoms with Gasteiger partial charge in [-0.05, 0) is 24.3 Å². The number of hydrogen-bond donors (Lipinski definition) is 1. The van der Waals surface area contributed by atoms with Crippen LogP contribution in [0.2, 0.25) is 0 Å². The Labute approximate surface area is 107 Å². The van der Waals surface area contributed by atoms with Gasteiger partial charge in [0.05, 0.1) is 25.2 Å². The van der Waals surface area contributed by atoms with Crippen LogP contribution in [-0.2, 0) is 9.53 Å². The third-order valence-electron chi connectivity index (χ3n) is 2.04. The van der Waals surface area contributed by atoms with E-state index in [9.17, 15) is 9.90 Å². The molecule has 0 aliphatic heterocycles. The van der Waals surface area contributed by atoms with Gasteiger partial charge in [-0.3, -0.25) is 0 Å². The van der Waals surface area contributed by atoms with Crippen molar-refractivity contribution in [2.24, 2.45) is 0 Å². The Morgan fingerprint density at radius 1 is 1.65 bits per heavy atom. The van der Waals surface area contributed by atoms with Crippen LogP contribution in [0.1, 0.15) is 12.0 Å². The molecule has 0 saturated heterocycles. The predicted octanol–water partition coefficient (Wildman–Crippen LogP) is 2.62. The first kappa shape index (κ1) is 13.3. The van der Waals surface area contributed by atoms with Crippen LogP contribution in [0.3, 0.4) is 0 Å². The lowest BCUT2D eigenvalue weighted by Crippen LogP contribution is -2.04. The molecule has 0 unspecified atom stereocenters. The van der Waals surface area contributed by atoms with Gasteiger partial charge in [-0.15, -0.1) is 0 Å². The van der Waals surface area contributed by atoms with Crippen molar-refractivity contribution in [2.45, 2.75) is 6.42 Å². The molecular weight excluding hydrogens is 286 g/mol. The second-order valence-electron chi connectivity index (χ2n) is 3.20. The quantitative estimate of drug-likeness (QED) is 0.687. The molecule has 0 spiro atoms. The summed E-state index contributed by atoms with van der Waals surface area (Å²) in [5.41, 5.74) is 0.651. The first-order chi connectivity index (χ1) is 8.08.